The Hall–Kier alpha value is -2.41. The lowest BCUT2D eigenvalue weighted by molar-refractivity contribution is -0.120. The van der Waals surface area contributed by atoms with E-state index in [9.17, 15) is 14.4 Å². The maximum absolute atomic E-state index is 12.3. The zero-order valence-corrected chi connectivity index (χ0v) is 13.3. The highest BCUT2D eigenvalue weighted by molar-refractivity contribution is 6.00. The van der Waals surface area contributed by atoms with Crippen LogP contribution in [0, 0.1) is 11.8 Å². The van der Waals surface area contributed by atoms with Gasteiger partial charge >= 0.3 is 11.9 Å². The predicted molar refractivity (Wildman–Crippen MR) is 83.3 cm³/mol. The smallest absolute Gasteiger partial charge is 0.337 e. The minimum absolute atomic E-state index is 0.152. The monoisotopic (exact) mass is 320 g/mol. The minimum atomic E-state index is -0.595. The molecule has 2 N–H and O–H groups in total. The largest absolute Gasteiger partial charge is 0.465 e. The van der Waals surface area contributed by atoms with Crippen molar-refractivity contribution in [2.24, 2.45) is 11.8 Å². The molecule has 1 aromatic rings. The fourth-order valence-electron chi connectivity index (χ4n) is 2.57. The van der Waals surface area contributed by atoms with E-state index in [-0.39, 0.29) is 28.9 Å². The summed E-state index contributed by atoms with van der Waals surface area (Å²) in [6.45, 7) is 3.39. The van der Waals surface area contributed by atoms with Gasteiger partial charge in [-0.15, -0.1) is 0 Å². The van der Waals surface area contributed by atoms with Gasteiger partial charge in [0.05, 0.1) is 31.3 Å². The molecule has 7 nitrogen and oxygen atoms in total. The molecule has 0 aliphatic carbocycles. The van der Waals surface area contributed by atoms with Crippen LogP contribution >= 0.6 is 0 Å². The number of hydrogen-bond acceptors (Lipinski definition) is 6. The van der Waals surface area contributed by atoms with Gasteiger partial charge in [0.1, 0.15) is 0 Å². The summed E-state index contributed by atoms with van der Waals surface area (Å²) in [5, 5.41) is 5.92. The molecule has 1 aromatic carbocycles. The second-order valence-electron chi connectivity index (χ2n) is 5.51. The van der Waals surface area contributed by atoms with E-state index in [0.717, 1.165) is 6.54 Å². The van der Waals surface area contributed by atoms with Crippen molar-refractivity contribution in [3.63, 3.8) is 0 Å². The molecule has 7 heteroatoms. The van der Waals surface area contributed by atoms with Crippen molar-refractivity contribution in [2.45, 2.75) is 6.92 Å². The molecule has 2 rings (SSSR count). The quantitative estimate of drug-likeness (QED) is 0.806. The predicted octanol–water partition coefficient (Wildman–Crippen LogP) is 1.05. The first-order valence-electron chi connectivity index (χ1n) is 7.29. The Morgan fingerprint density at radius 1 is 1.04 bits per heavy atom. The summed E-state index contributed by atoms with van der Waals surface area (Å²) in [7, 11) is 2.49. The van der Waals surface area contributed by atoms with Crippen LogP contribution in [0.5, 0.6) is 0 Å². The van der Waals surface area contributed by atoms with E-state index < -0.39 is 11.9 Å². The van der Waals surface area contributed by atoms with Gasteiger partial charge in [-0.05, 0) is 30.7 Å². The van der Waals surface area contributed by atoms with Crippen LogP contribution in [0.15, 0.2) is 18.2 Å². The Morgan fingerprint density at radius 3 is 2.04 bits per heavy atom. The average Bonchev–Trinajstić information content (AvgIpc) is 2.99. The van der Waals surface area contributed by atoms with E-state index in [1.807, 2.05) is 6.92 Å². The number of carbonyl (C=O) groups is 3. The molecule has 0 unspecified atom stereocenters. The molecule has 0 saturated carbocycles. The van der Waals surface area contributed by atoms with Gasteiger partial charge in [0.15, 0.2) is 0 Å². The molecule has 1 fully saturated rings. The zero-order valence-electron chi connectivity index (χ0n) is 13.3. The van der Waals surface area contributed by atoms with Gasteiger partial charge in [0.2, 0.25) is 5.91 Å². The first-order valence-corrected chi connectivity index (χ1v) is 7.29. The highest BCUT2D eigenvalue weighted by Crippen LogP contribution is 2.21. The van der Waals surface area contributed by atoms with E-state index in [1.54, 1.807) is 0 Å². The standard InChI is InChI=1S/C16H20N2O5/c1-9-7-17-8-13(9)14(19)18-12-5-10(15(20)22-2)4-11(6-12)16(21)23-3/h4-6,9,13,17H,7-8H2,1-3H3,(H,18,19)/t9-,13-/m1/s1. The normalized spacial score (nSPS) is 20.0. The van der Waals surface area contributed by atoms with Crippen molar-refractivity contribution >= 4 is 23.5 Å². The van der Waals surface area contributed by atoms with Gasteiger partial charge in [-0.2, -0.15) is 0 Å². The van der Waals surface area contributed by atoms with Gasteiger partial charge in [0, 0.05) is 12.2 Å². The van der Waals surface area contributed by atoms with Crippen LogP contribution in [0.1, 0.15) is 27.6 Å². The first kappa shape index (κ1) is 17.0. The lowest BCUT2D eigenvalue weighted by Gasteiger charge is -2.15. The maximum atomic E-state index is 12.3. The van der Waals surface area contributed by atoms with Crippen LogP contribution in [0.4, 0.5) is 5.69 Å². The number of benzene rings is 1. The Kier molecular flexibility index (Phi) is 5.33. The second kappa shape index (κ2) is 7.23. The summed E-state index contributed by atoms with van der Waals surface area (Å²) < 4.78 is 9.34. The second-order valence-corrected chi connectivity index (χ2v) is 5.51. The molecular weight excluding hydrogens is 300 g/mol. The Labute approximate surface area is 134 Å². The maximum Gasteiger partial charge on any atom is 0.337 e. The Bertz CT molecular complexity index is 595. The van der Waals surface area contributed by atoms with Gasteiger partial charge in [-0.1, -0.05) is 6.92 Å². The number of esters is 2. The third-order valence-corrected chi connectivity index (χ3v) is 3.90. The number of methoxy groups -OCH3 is 2. The molecule has 1 amide bonds. The molecule has 23 heavy (non-hydrogen) atoms. The Morgan fingerprint density at radius 2 is 1.61 bits per heavy atom. The number of amides is 1. The van der Waals surface area contributed by atoms with E-state index >= 15 is 0 Å². The highest BCUT2D eigenvalue weighted by Gasteiger charge is 2.29. The topological polar surface area (TPSA) is 93.7 Å². The summed E-state index contributed by atoms with van der Waals surface area (Å²) in [5.41, 5.74) is 0.698. The van der Waals surface area contributed by atoms with Crippen molar-refractivity contribution < 1.29 is 23.9 Å². The lowest BCUT2D eigenvalue weighted by atomic mass is 9.97. The Balaban J connectivity index is 2.27. The van der Waals surface area contributed by atoms with Gasteiger partial charge in [-0.25, -0.2) is 9.59 Å². The number of anilines is 1. The number of rotatable bonds is 4. The number of nitrogens with one attached hydrogen (secondary N) is 2. The molecule has 1 aliphatic heterocycles. The summed E-state index contributed by atoms with van der Waals surface area (Å²) in [6.07, 6.45) is 0. The molecule has 2 atom stereocenters. The van der Waals surface area contributed by atoms with Crippen molar-refractivity contribution in [1.82, 2.24) is 5.32 Å². The van der Waals surface area contributed by atoms with Crippen LogP contribution in [0.3, 0.4) is 0 Å². The van der Waals surface area contributed by atoms with E-state index in [1.165, 1.54) is 32.4 Å². The number of ether oxygens (including phenoxy) is 2. The van der Waals surface area contributed by atoms with E-state index in [2.05, 4.69) is 20.1 Å². The molecule has 0 radical (unpaired) electrons. The van der Waals surface area contributed by atoms with E-state index in [0.29, 0.717) is 12.2 Å². The highest BCUT2D eigenvalue weighted by atomic mass is 16.5. The van der Waals surface area contributed by atoms with Gasteiger partial charge in [0.25, 0.3) is 0 Å². The number of hydrogen-bond donors (Lipinski definition) is 2. The van der Waals surface area contributed by atoms with Crippen molar-refractivity contribution in [1.29, 1.82) is 0 Å². The third kappa shape index (κ3) is 3.87. The van der Waals surface area contributed by atoms with E-state index in [4.69, 9.17) is 0 Å². The van der Waals surface area contributed by atoms with Crippen molar-refractivity contribution in [3.8, 4) is 0 Å². The fraction of sp³-hybridized carbons (Fsp3) is 0.438. The molecule has 0 aromatic heterocycles. The van der Waals surface area contributed by atoms with Gasteiger partial charge < -0.3 is 20.1 Å². The average molecular weight is 320 g/mol. The molecule has 1 aliphatic rings. The van der Waals surface area contributed by atoms with Crippen LogP contribution < -0.4 is 10.6 Å². The van der Waals surface area contributed by atoms with Crippen molar-refractivity contribution in [3.05, 3.63) is 29.3 Å². The third-order valence-electron chi connectivity index (χ3n) is 3.90. The van der Waals surface area contributed by atoms with Crippen LogP contribution in [-0.4, -0.2) is 45.2 Å². The first-order chi connectivity index (χ1) is 11.0. The fourth-order valence-corrected chi connectivity index (χ4v) is 2.57. The minimum Gasteiger partial charge on any atom is -0.465 e. The number of carbonyl (C=O) groups excluding carboxylic acids is 3. The summed E-state index contributed by atoms with van der Waals surface area (Å²) in [4.78, 5) is 35.8. The van der Waals surface area contributed by atoms with Crippen LogP contribution in [0.2, 0.25) is 0 Å². The summed E-state index contributed by atoms with van der Waals surface area (Å²) in [6, 6.07) is 4.32. The zero-order chi connectivity index (χ0) is 17.0. The molecule has 124 valence electrons. The molecule has 1 heterocycles. The van der Waals surface area contributed by atoms with Crippen LogP contribution in [0.25, 0.3) is 0 Å². The van der Waals surface area contributed by atoms with Crippen molar-refractivity contribution in [2.75, 3.05) is 32.6 Å². The molecule has 0 bridgehead atoms. The molecule has 1 saturated heterocycles. The van der Waals surface area contributed by atoms with Gasteiger partial charge in [-0.3, -0.25) is 4.79 Å². The summed E-state index contributed by atoms with van der Waals surface area (Å²) in [5.74, 6) is -1.28. The SMILES string of the molecule is COC(=O)c1cc(NC(=O)[C@@H]2CNC[C@H]2C)cc(C(=O)OC)c1. The van der Waals surface area contributed by atoms with Crippen LogP contribution in [-0.2, 0) is 14.3 Å². The molecular formula is C16H20N2O5. The molecule has 0 spiro atoms. The summed E-state index contributed by atoms with van der Waals surface area (Å²) >= 11 is 0. The lowest BCUT2D eigenvalue weighted by Crippen LogP contribution is -2.28.